The maximum absolute atomic E-state index is 11.9. The number of carbonyl (C=O) groups is 1. The van der Waals surface area contributed by atoms with Crippen molar-refractivity contribution >= 4 is 33.5 Å². The van der Waals surface area contributed by atoms with E-state index >= 15 is 0 Å². The van der Waals surface area contributed by atoms with Gasteiger partial charge in [-0.1, -0.05) is 18.6 Å². The third-order valence-corrected chi connectivity index (χ3v) is 4.24. The summed E-state index contributed by atoms with van der Waals surface area (Å²) in [4.78, 5) is 11.1. The molecule has 0 aliphatic carbocycles. The molecule has 0 aromatic rings. The number of piperidine rings is 1. The first-order chi connectivity index (χ1) is 7.88. The molecule has 7 nitrogen and oxygen atoms in total. The summed E-state index contributed by atoms with van der Waals surface area (Å²) in [5.74, 6) is 0. The lowest BCUT2D eigenvalue weighted by Gasteiger charge is -2.33. The average molecular weight is 281 g/mol. The number of hydrogen-bond donors (Lipinski definition) is 2. The molecule has 0 spiro atoms. The molecule has 0 saturated carbocycles. The van der Waals surface area contributed by atoms with E-state index in [2.05, 4.69) is 4.74 Å². The van der Waals surface area contributed by atoms with Gasteiger partial charge in [-0.25, -0.2) is 9.52 Å². The molecule has 0 radical (unpaired) electrons. The Labute approximate surface area is 105 Å². The van der Waals surface area contributed by atoms with E-state index < -0.39 is 22.3 Å². The normalized spacial score (nSPS) is 21.8. The van der Waals surface area contributed by atoms with Gasteiger partial charge in [0.15, 0.2) is 0 Å². The number of methoxy groups -OCH3 is 1. The van der Waals surface area contributed by atoms with Gasteiger partial charge in [0, 0.05) is 6.54 Å². The lowest BCUT2D eigenvalue weighted by Crippen LogP contribution is -2.54. The summed E-state index contributed by atoms with van der Waals surface area (Å²) < 4.78 is 30.9. The first-order valence-corrected chi connectivity index (χ1v) is 6.90. The first kappa shape index (κ1) is 14.1. The van der Waals surface area contributed by atoms with E-state index in [0.29, 0.717) is 12.8 Å². The molecule has 1 fully saturated rings. The number of hydrogen-bond acceptors (Lipinski definition) is 5. The van der Waals surface area contributed by atoms with E-state index in [1.54, 1.807) is 4.72 Å². The van der Waals surface area contributed by atoms with Gasteiger partial charge in [-0.2, -0.15) is 12.7 Å². The zero-order valence-corrected chi connectivity index (χ0v) is 11.0. The minimum absolute atomic E-state index is 0.111. The highest BCUT2D eigenvalue weighted by atomic mass is 32.2. The van der Waals surface area contributed by atoms with Gasteiger partial charge in [0.1, 0.15) is 0 Å². The molecule has 0 bridgehead atoms. The summed E-state index contributed by atoms with van der Waals surface area (Å²) in [5, 5.41) is 0. The molecular formula is C8H15N3O4S2. The van der Waals surface area contributed by atoms with Crippen LogP contribution in [0.15, 0.2) is 0 Å². The summed E-state index contributed by atoms with van der Waals surface area (Å²) in [7, 11) is -2.86. The second kappa shape index (κ2) is 5.61. The molecule has 17 heavy (non-hydrogen) atoms. The average Bonchev–Trinajstić information content (AvgIpc) is 2.28. The molecule has 1 heterocycles. The van der Waals surface area contributed by atoms with Crippen molar-refractivity contribution in [1.82, 2.24) is 9.03 Å². The Morgan fingerprint density at radius 1 is 1.53 bits per heavy atom. The molecule has 98 valence electrons. The van der Waals surface area contributed by atoms with Gasteiger partial charge in [0.05, 0.1) is 18.1 Å². The molecule has 0 aromatic carbocycles. The molecule has 3 N–H and O–H groups in total. The molecule has 1 amide bonds. The highest BCUT2D eigenvalue weighted by Gasteiger charge is 2.35. The second-order valence-electron chi connectivity index (χ2n) is 3.62. The van der Waals surface area contributed by atoms with Crippen molar-refractivity contribution in [3.8, 4) is 0 Å². The largest absolute Gasteiger partial charge is 0.452 e. The van der Waals surface area contributed by atoms with E-state index in [0.717, 1.165) is 17.8 Å². The monoisotopic (exact) mass is 281 g/mol. The quantitative estimate of drug-likeness (QED) is 0.690. The van der Waals surface area contributed by atoms with Crippen LogP contribution in [0.5, 0.6) is 0 Å². The van der Waals surface area contributed by atoms with Crippen LogP contribution in [0, 0.1) is 0 Å². The maximum atomic E-state index is 11.9. The van der Waals surface area contributed by atoms with Gasteiger partial charge in [-0.05, 0) is 12.8 Å². The number of carbonyl (C=O) groups excluding carboxylic acids is 1. The van der Waals surface area contributed by atoms with Crippen molar-refractivity contribution in [2.24, 2.45) is 5.73 Å². The smallest absolute Gasteiger partial charge is 0.421 e. The first-order valence-electron chi connectivity index (χ1n) is 5.05. The number of rotatable bonds is 3. The van der Waals surface area contributed by atoms with E-state index in [9.17, 15) is 13.2 Å². The van der Waals surface area contributed by atoms with Crippen LogP contribution < -0.4 is 10.5 Å². The summed E-state index contributed by atoms with van der Waals surface area (Å²) in [6, 6.07) is -0.541. The highest BCUT2D eigenvalue weighted by Crippen LogP contribution is 2.19. The number of amides is 1. The summed E-state index contributed by atoms with van der Waals surface area (Å²) in [5.41, 5.74) is 5.50. The van der Waals surface area contributed by atoms with Crippen LogP contribution in [0.3, 0.4) is 0 Å². The van der Waals surface area contributed by atoms with E-state index in [-0.39, 0.29) is 11.5 Å². The van der Waals surface area contributed by atoms with E-state index in [1.807, 2.05) is 0 Å². The molecule has 1 aliphatic heterocycles. The Hall–Kier alpha value is -0.930. The molecule has 1 unspecified atom stereocenters. The van der Waals surface area contributed by atoms with Gasteiger partial charge < -0.3 is 10.5 Å². The lowest BCUT2D eigenvalue weighted by atomic mass is 10.1. The fraction of sp³-hybridized carbons (Fsp3) is 0.750. The third-order valence-electron chi connectivity index (χ3n) is 2.49. The zero-order chi connectivity index (χ0) is 13.1. The summed E-state index contributed by atoms with van der Waals surface area (Å²) >= 11 is 4.83. The van der Waals surface area contributed by atoms with Crippen molar-refractivity contribution in [2.75, 3.05) is 13.7 Å². The van der Waals surface area contributed by atoms with Crippen LogP contribution >= 0.6 is 12.2 Å². The predicted molar refractivity (Wildman–Crippen MR) is 65.6 cm³/mol. The van der Waals surface area contributed by atoms with Crippen molar-refractivity contribution in [3.05, 3.63) is 0 Å². The van der Waals surface area contributed by atoms with Crippen molar-refractivity contribution in [3.63, 3.8) is 0 Å². The van der Waals surface area contributed by atoms with Crippen molar-refractivity contribution in [1.29, 1.82) is 0 Å². The molecule has 1 atom stereocenters. The molecular weight excluding hydrogens is 266 g/mol. The van der Waals surface area contributed by atoms with Crippen LogP contribution in [0.2, 0.25) is 0 Å². The zero-order valence-electron chi connectivity index (χ0n) is 9.38. The minimum Gasteiger partial charge on any atom is -0.452 e. The van der Waals surface area contributed by atoms with Gasteiger partial charge in [0.25, 0.3) is 0 Å². The molecule has 0 aromatic heterocycles. The fourth-order valence-electron chi connectivity index (χ4n) is 1.68. The lowest BCUT2D eigenvalue weighted by molar-refractivity contribution is 0.176. The second-order valence-corrected chi connectivity index (χ2v) is 5.72. The molecule has 1 saturated heterocycles. The summed E-state index contributed by atoms with van der Waals surface area (Å²) in [6.07, 6.45) is 1.10. The third kappa shape index (κ3) is 3.51. The van der Waals surface area contributed by atoms with Crippen LogP contribution in [0.25, 0.3) is 0 Å². The van der Waals surface area contributed by atoms with Gasteiger partial charge in [0.2, 0.25) is 0 Å². The number of ether oxygens (including phenoxy) is 1. The SMILES string of the molecule is COC(=O)NS(=O)(=O)N1CCCCC1C(N)=S. The molecule has 1 aliphatic rings. The highest BCUT2D eigenvalue weighted by molar-refractivity contribution is 7.87. The Kier molecular flexibility index (Phi) is 4.66. The van der Waals surface area contributed by atoms with Crippen molar-refractivity contribution < 1.29 is 17.9 Å². The minimum atomic E-state index is -3.95. The predicted octanol–water partition coefficient (Wildman–Crippen LogP) is -0.272. The number of nitrogens with one attached hydrogen (secondary N) is 1. The Bertz CT molecular complexity index is 409. The Balaban J connectivity index is 2.87. The van der Waals surface area contributed by atoms with E-state index in [4.69, 9.17) is 18.0 Å². The van der Waals surface area contributed by atoms with Crippen LogP contribution in [-0.2, 0) is 14.9 Å². The van der Waals surface area contributed by atoms with Crippen LogP contribution in [-0.4, -0.2) is 43.5 Å². The van der Waals surface area contributed by atoms with Gasteiger partial charge in [-0.15, -0.1) is 0 Å². The van der Waals surface area contributed by atoms with Crippen LogP contribution in [0.1, 0.15) is 19.3 Å². The standard InChI is InChI=1S/C8H15N3O4S2/c1-15-8(12)10-17(13,14)11-5-3-2-4-6(11)7(9)16/h6H,2-5H2,1H3,(H2,9,16)(H,10,12). The summed E-state index contributed by atoms with van der Waals surface area (Å²) in [6.45, 7) is 0.286. The molecule has 9 heteroatoms. The Morgan fingerprint density at radius 2 is 2.18 bits per heavy atom. The van der Waals surface area contributed by atoms with Gasteiger partial charge >= 0.3 is 16.3 Å². The van der Waals surface area contributed by atoms with E-state index in [1.165, 1.54) is 0 Å². The number of thiocarbonyl (C=S) groups is 1. The topological polar surface area (TPSA) is 102 Å². The van der Waals surface area contributed by atoms with Crippen molar-refractivity contribution in [2.45, 2.75) is 25.3 Å². The number of nitrogens with two attached hydrogens (primary N) is 1. The van der Waals surface area contributed by atoms with Gasteiger partial charge in [-0.3, -0.25) is 0 Å². The van der Waals surface area contributed by atoms with Crippen LogP contribution in [0.4, 0.5) is 4.79 Å². The fourth-order valence-corrected chi connectivity index (χ4v) is 3.33. The number of nitrogens with zero attached hydrogens (tertiary/aromatic N) is 1. The molecule has 1 rings (SSSR count). The Morgan fingerprint density at radius 3 is 2.71 bits per heavy atom. The maximum Gasteiger partial charge on any atom is 0.421 e.